The summed E-state index contributed by atoms with van der Waals surface area (Å²) in [5.41, 5.74) is 1.37. The molecule has 0 spiro atoms. The number of rotatable bonds is 8. The zero-order valence-corrected chi connectivity index (χ0v) is 10.9. The van der Waals surface area contributed by atoms with Crippen LogP contribution in [0.5, 0.6) is 0 Å². The van der Waals surface area contributed by atoms with E-state index >= 15 is 0 Å². The summed E-state index contributed by atoms with van der Waals surface area (Å²) in [4.78, 5) is 0. The first-order valence-corrected chi connectivity index (χ1v) is 6.55. The normalized spacial score (nSPS) is 12.9. The van der Waals surface area contributed by atoms with Crippen LogP contribution in [0, 0.1) is 0 Å². The smallest absolute Gasteiger partial charge is 0.0492 e. The van der Waals surface area contributed by atoms with Crippen molar-refractivity contribution in [3.8, 4) is 0 Å². The molecule has 0 saturated carbocycles. The SMILES string of the molecule is CCCn1nccc1CCC(CC)NCC. The maximum absolute atomic E-state index is 4.35. The molecule has 3 nitrogen and oxygen atoms in total. The van der Waals surface area contributed by atoms with Gasteiger partial charge in [-0.25, -0.2) is 0 Å². The van der Waals surface area contributed by atoms with Gasteiger partial charge in [0.1, 0.15) is 0 Å². The van der Waals surface area contributed by atoms with E-state index in [0.717, 1.165) is 25.9 Å². The molecule has 1 atom stereocenters. The van der Waals surface area contributed by atoms with Crippen LogP contribution in [0.2, 0.25) is 0 Å². The van der Waals surface area contributed by atoms with Gasteiger partial charge in [-0.1, -0.05) is 20.8 Å². The molecule has 1 N–H and O–H groups in total. The van der Waals surface area contributed by atoms with Crippen molar-refractivity contribution in [1.82, 2.24) is 15.1 Å². The predicted octanol–water partition coefficient (Wildman–Crippen LogP) is 2.61. The van der Waals surface area contributed by atoms with Gasteiger partial charge in [-0.3, -0.25) is 4.68 Å². The van der Waals surface area contributed by atoms with Gasteiger partial charge in [0, 0.05) is 24.5 Å². The van der Waals surface area contributed by atoms with Crippen molar-refractivity contribution in [3.05, 3.63) is 18.0 Å². The van der Waals surface area contributed by atoms with Gasteiger partial charge in [0.05, 0.1) is 0 Å². The number of nitrogens with one attached hydrogen (secondary N) is 1. The van der Waals surface area contributed by atoms with E-state index < -0.39 is 0 Å². The van der Waals surface area contributed by atoms with E-state index in [1.807, 2.05) is 6.20 Å². The zero-order chi connectivity index (χ0) is 11.8. The monoisotopic (exact) mass is 223 g/mol. The van der Waals surface area contributed by atoms with Crippen molar-refractivity contribution < 1.29 is 0 Å². The molecule has 0 aliphatic heterocycles. The summed E-state index contributed by atoms with van der Waals surface area (Å²) in [5.74, 6) is 0. The van der Waals surface area contributed by atoms with Gasteiger partial charge in [0.25, 0.3) is 0 Å². The second-order valence-electron chi connectivity index (χ2n) is 4.25. The van der Waals surface area contributed by atoms with Crippen LogP contribution in [0.4, 0.5) is 0 Å². The van der Waals surface area contributed by atoms with Gasteiger partial charge >= 0.3 is 0 Å². The summed E-state index contributed by atoms with van der Waals surface area (Å²) < 4.78 is 2.14. The quantitative estimate of drug-likeness (QED) is 0.734. The molecule has 0 radical (unpaired) electrons. The van der Waals surface area contributed by atoms with Crippen LogP contribution in [0.25, 0.3) is 0 Å². The maximum Gasteiger partial charge on any atom is 0.0492 e. The average molecular weight is 223 g/mol. The standard InChI is InChI=1S/C13H25N3/c1-4-11-16-13(9-10-15-16)8-7-12(5-2)14-6-3/h9-10,12,14H,4-8,11H2,1-3H3. The predicted molar refractivity (Wildman–Crippen MR) is 68.6 cm³/mol. The maximum atomic E-state index is 4.35. The van der Waals surface area contributed by atoms with Crippen molar-refractivity contribution >= 4 is 0 Å². The first-order valence-electron chi connectivity index (χ1n) is 6.55. The molecule has 1 aromatic heterocycles. The summed E-state index contributed by atoms with van der Waals surface area (Å²) in [5, 5.41) is 7.87. The van der Waals surface area contributed by atoms with E-state index in [2.05, 4.69) is 41.9 Å². The minimum absolute atomic E-state index is 0.648. The Morgan fingerprint density at radius 2 is 2.19 bits per heavy atom. The van der Waals surface area contributed by atoms with Gasteiger partial charge in [0.15, 0.2) is 0 Å². The van der Waals surface area contributed by atoms with Gasteiger partial charge in [-0.2, -0.15) is 5.10 Å². The van der Waals surface area contributed by atoms with Crippen molar-refractivity contribution in [2.75, 3.05) is 6.54 Å². The highest BCUT2D eigenvalue weighted by Crippen LogP contribution is 2.07. The molecule has 0 aliphatic rings. The van der Waals surface area contributed by atoms with E-state index in [0.29, 0.717) is 6.04 Å². The lowest BCUT2D eigenvalue weighted by atomic mass is 10.1. The molecular formula is C13H25N3. The Labute approximate surface area is 99.2 Å². The van der Waals surface area contributed by atoms with Gasteiger partial charge in [-0.15, -0.1) is 0 Å². The van der Waals surface area contributed by atoms with Crippen LogP contribution in [0.15, 0.2) is 12.3 Å². The van der Waals surface area contributed by atoms with Crippen LogP contribution in [-0.4, -0.2) is 22.4 Å². The highest BCUT2D eigenvalue weighted by atomic mass is 15.3. The molecular weight excluding hydrogens is 198 g/mol. The molecule has 0 amide bonds. The van der Waals surface area contributed by atoms with Crippen LogP contribution in [-0.2, 0) is 13.0 Å². The molecule has 1 rings (SSSR count). The molecule has 92 valence electrons. The minimum atomic E-state index is 0.648. The average Bonchev–Trinajstić information content (AvgIpc) is 2.72. The van der Waals surface area contributed by atoms with E-state index in [-0.39, 0.29) is 0 Å². The van der Waals surface area contributed by atoms with Crippen molar-refractivity contribution in [2.24, 2.45) is 0 Å². The Kier molecular flexibility index (Phi) is 6.16. The zero-order valence-electron chi connectivity index (χ0n) is 10.9. The van der Waals surface area contributed by atoms with E-state index in [4.69, 9.17) is 0 Å². The first-order chi connectivity index (χ1) is 7.81. The molecule has 0 aromatic carbocycles. The molecule has 0 saturated heterocycles. The Morgan fingerprint density at radius 1 is 1.38 bits per heavy atom. The second kappa shape index (κ2) is 7.44. The Hall–Kier alpha value is -0.830. The molecule has 1 aromatic rings. The van der Waals surface area contributed by atoms with Crippen molar-refractivity contribution in [2.45, 2.75) is 59.0 Å². The fourth-order valence-corrected chi connectivity index (χ4v) is 2.05. The van der Waals surface area contributed by atoms with E-state index in [1.54, 1.807) is 0 Å². The van der Waals surface area contributed by atoms with Gasteiger partial charge in [0.2, 0.25) is 0 Å². The number of hydrogen-bond acceptors (Lipinski definition) is 2. The Bertz CT molecular complexity index is 280. The minimum Gasteiger partial charge on any atom is -0.314 e. The van der Waals surface area contributed by atoms with Crippen LogP contribution in [0.1, 0.15) is 45.7 Å². The topological polar surface area (TPSA) is 29.9 Å². The fraction of sp³-hybridized carbons (Fsp3) is 0.769. The fourth-order valence-electron chi connectivity index (χ4n) is 2.05. The molecule has 1 unspecified atom stereocenters. The Balaban J connectivity index is 2.43. The highest BCUT2D eigenvalue weighted by Gasteiger charge is 2.07. The molecule has 3 heteroatoms. The molecule has 16 heavy (non-hydrogen) atoms. The summed E-state index contributed by atoms with van der Waals surface area (Å²) in [6.07, 6.45) is 6.61. The van der Waals surface area contributed by atoms with Gasteiger partial charge < -0.3 is 5.32 Å². The largest absolute Gasteiger partial charge is 0.314 e. The number of aryl methyl sites for hydroxylation is 2. The first kappa shape index (κ1) is 13.2. The Morgan fingerprint density at radius 3 is 2.81 bits per heavy atom. The molecule has 1 heterocycles. The summed E-state index contributed by atoms with van der Waals surface area (Å²) >= 11 is 0. The number of hydrogen-bond donors (Lipinski definition) is 1. The van der Waals surface area contributed by atoms with Crippen molar-refractivity contribution in [1.29, 1.82) is 0 Å². The number of nitrogens with zero attached hydrogens (tertiary/aromatic N) is 2. The molecule has 0 aliphatic carbocycles. The van der Waals surface area contributed by atoms with E-state index in [9.17, 15) is 0 Å². The highest BCUT2D eigenvalue weighted by molar-refractivity contribution is 5.01. The summed E-state index contributed by atoms with van der Waals surface area (Å²) in [6.45, 7) is 8.71. The third-order valence-corrected chi connectivity index (χ3v) is 2.97. The van der Waals surface area contributed by atoms with E-state index in [1.165, 1.54) is 18.5 Å². The van der Waals surface area contributed by atoms with Crippen LogP contribution >= 0.6 is 0 Å². The van der Waals surface area contributed by atoms with Crippen LogP contribution in [0.3, 0.4) is 0 Å². The summed E-state index contributed by atoms with van der Waals surface area (Å²) in [7, 11) is 0. The summed E-state index contributed by atoms with van der Waals surface area (Å²) in [6, 6.07) is 2.80. The third kappa shape index (κ3) is 3.97. The number of aromatic nitrogens is 2. The third-order valence-electron chi connectivity index (χ3n) is 2.97. The lowest BCUT2D eigenvalue weighted by molar-refractivity contribution is 0.468. The molecule has 0 fully saturated rings. The van der Waals surface area contributed by atoms with Gasteiger partial charge in [-0.05, 0) is 38.3 Å². The van der Waals surface area contributed by atoms with Crippen molar-refractivity contribution in [3.63, 3.8) is 0 Å². The lowest BCUT2D eigenvalue weighted by Gasteiger charge is -2.15. The second-order valence-corrected chi connectivity index (χ2v) is 4.25. The molecule has 0 bridgehead atoms. The van der Waals surface area contributed by atoms with Crippen LogP contribution < -0.4 is 5.32 Å². The lowest BCUT2D eigenvalue weighted by Crippen LogP contribution is -2.28.